The molecule has 0 saturated carbocycles. The van der Waals surface area contributed by atoms with Gasteiger partial charge >= 0.3 is 0 Å². The third-order valence-corrected chi connectivity index (χ3v) is 3.82. The molecule has 1 aliphatic rings. The van der Waals surface area contributed by atoms with Gasteiger partial charge in [0.25, 0.3) is 0 Å². The second-order valence-corrected chi connectivity index (χ2v) is 5.35. The Hall–Kier alpha value is -0.410. The second-order valence-electron chi connectivity index (χ2n) is 2.96. The predicted molar refractivity (Wildman–Crippen MR) is 57.4 cm³/mol. The van der Waals surface area contributed by atoms with Crippen molar-refractivity contribution in [3.8, 4) is 0 Å². The molecule has 1 aromatic carbocycles. The molecule has 0 unspecified atom stereocenters. The van der Waals surface area contributed by atoms with Crippen LogP contribution in [-0.2, 0) is 11.2 Å². The second kappa shape index (κ2) is 3.76. The summed E-state index contributed by atoms with van der Waals surface area (Å²) < 4.78 is 0. The first kappa shape index (κ1) is 9.16. The summed E-state index contributed by atoms with van der Waals surface area (Å²) in [5, 5.41) is 0.158. The molecule has 0 aromatic heterocycles. The van der Waals surface area contributed by atoms with Crippen molar-refractivity contribution in [2.45, 2.75) is 23.1 Å². The Morgan fingerprint density at radius 3 is 3.15 bits per heavy atom. The summed E-state index contributed by atoms with van der Waals surface area (Å²) in [5.41, 5.74) is 1.40. The topological polar surface area (TPSA) is 17.1 Å². The van der Waals surface area contributed by atoms with E-state index in [9.17, 15) is 4.79 Å². The van der Waals surface area contributed by atoms with E-state index >= 15 is 0 Å². The Labute approximate surface area is 86.3 Å². The number of thioether (sulfide) groups is 2. The lowest BCUT2D eigenvalue weighted by Gasteiger charge is -2.00. The quantitative estimate of drug-likeness (QED) is 0.663. The van der Waals surface area contributed by atoms with Gasteiger partial charge in [0.15, 0.2) is 5.12 Å². The van der Waals surface area contributed by atoms with E-state index in [4.69, 9.17) is 0 Å². The molecule has 1 aromatic rings. The number of benzene rings is 1. The van der Waals surface area contributed by atoms with Gasteiger partial charge in [-0.25, -0.2) is 0 Å². The first-order valence-electron chi connectivity index (χ1n) is 4.20. The normalized spacial score (nSPS) is 14.2. The van der Waals surface area contributed by atoms with Crippen molar-refractivity contribution in [3.05, 3.63) is 23.8 Å². The van der Waals surface area contributed by atoms with Crippen LogP contribution in [0.5, 0.6) is 0 Å². The molecule has 0 bridgehead atoms. The molecule has 13 heavy (non-hydrogen) atoms. The number of hydrogen-bond acceptors (Lipinski definition) is 3. The average molecular weight is 210 g/mol. The Kier molecular flexibility index (Phi) is 2.65. The minimum absolute atomic E-state index is 0.158. The maximum absolute atomic E-state index is 10.9. The molecule has 3 heteroatoms. The zero-order chi connectivity index (χ0) is 9.26. The van der Waals surface area contributed by atoms with Gasteiger partial charge in [-0.3, -0.25) is 4.79 Å². The predicted octanol–water partition coefficient (Wildman–Crippen LogP) is 2.97. The van der Waals surface area contributed by atoms with Crippen molar-refractivity contribution in [2.75, 3.05) is 5.75 Å². The van der Waals surface area contributed by atoms with Crippen LogP contribution in [0.1, 0.15) is 12.5 Å². The number of fused-ring (bicyclic) bond motifs is 1. The van der Waals surface area contributed by atoms with E-state index in [0.717, 1.165) is 11.3 Å². The van der Waals surface area contributed by atoms with Crippen LogP contribution in [0.3, 0.4) is 0 Å². The lowest BCUT2D eigenvalue weighted by molar-refractivity contribution is -0.109. The van der Waals surface area contributed by atoms with E-state index in [1.807, 2.05) is 17.8 Å². The molecule has 1 heterocycles. The van der Waals surface area contributed by atoms with Gasteiger partial charge < -0.3 is 0 Å². The van der Waals surface area contributed by atoms with E-state index in [1.54, 1.807) is 6.92 Å². The zero-order valence-electron chi connectivity index (χ0n) is 7.37. The summed E-state index contributed by atoms with van der Waals surface area (Å²) in [6.07, 6.45) is 1.15. The van der Waals surface area contributed by atoms with Gasteiger partial charge in [-0.05, 0) is 30.2 Å². The van der Waals surface area contributed by atoms with Crippen LogP contribution in [0.15, 0.2) is 28.0 Å². The lowest BCUT2D eigenvalue weighted by Crippen LogP contribution is -1.84. The van der Waals surface area contributed by atoms with Crippen LogP contribution in [0, 0.1) is 0 Å². The summed E-state index contributed by atoms with van der Waals surface area (Å²) in [7, 11) is 0. The Morgan fingerprint density at radius 2 is 2.38 bits per heavy atom. The average Bonchev–Trinajstić information content (AvgIpc) is 2.49. The lowest BCUT2D eigenvalue weighted by atomic mass is 10.2. The smallest absolute Gasteiger partial charge is 0.190 e. The molecule has 0 atom stereocenters. The van der Waals surface area contributed by atoms with E-state index in [2.05, 4.69) is 12.1 Å². The van der Waals surface area contributed by atoms with E-state index < -0.39 is 0 Å². The molecule has 2 rings (SSSR count). The van der Waals surface area contributed by atoms with Crippen molar-refractivity contribution in [1.29, 1.82) is 0 Å². The third-order valence-electron chi connectivity index (χ3n) is 1.92. The monoisotopic (exact) mass is 210 g/mol. The van der Waals surface area contributed by atoms with Gasteiger partial charge in [-0.1, -0.05) is 11.8 Å². The molecule has 0 fully saturated rings. The van der Waals surface area contributed by atoms with Crippen LogP contribution < -0.4 is 0 Å². The van der Waals surface area contributed by atoms with E-state index in [0.29, 0.717) is 0 Å². The summed E-state index contributed by atoms with van der Waals surface area (Å²) in [4.78, 5) is 13.3. The fourth-order valence-electron chi connectivity index (χ4n) is 1.39. The SMILES string of the molecule is CC(=O)Sc1ccc2c(c1)CCS2. The molecule has 0 amide bonds. The Morgan fingerprint density at radius 1 is 1.54 bits per heavy atom. The minimum atomic E-state index is 0.158. The highest BCUT2D eigenvalue weighted by molar-refractivity contribution is 8.13. The van der Waals surface area contributed by atoms with Gasteiger partial charge in [-0.2, -0.15) is 0 Å². The number of carbonyl (C=O) groups is 1. The highest BCUT2D eigenvalue weighted by Crippen LogP contribution is 2.33. The van der Waals surface area contributed by atoms with Gasteiger partial charge in [0, 0.05) is 22.5 Å². The van der Waals surface area contributed by atoms with Gasteiger partial charge in [0.05, 0.1) is 0 Å². The maximum Gasteiger partial charge on any atom is 0.190 e. The Bertz CT molecular complexity index is 347. The van der Waals surface area contributed by atoms with Crippen molar-refractivity contribution in [3.63, 3.8) is 0 Å². The van der Waals surface area contributed by atoms with Crippen molar-refractivity contribution in [2.24, 2.45) is 0 Å². The number of hydrogen-bond donors (Lipinski definition) is 0. The summed E-state index contributed by atoms with van der Waals surface area (Å²) in [6, 6.07) is 6.29. The maximum atomic E-state index is 10.9. The van der Waals surface area contributed by atoms with E-state index in [1.165, 1.54) is 28.0 Å². The highest BCUT2D eigenvalue weighted by Gasteiger charge is 2.11. The van der Waals surface area contributed by atoms with Crippen LogP contribution >= 0.6 is 23.5 Å². The molecular weight excluding hydrogens is 200 g/mol. The van der Waals surface area contributed by atoms with Crippen LogP contribution in [0.4, 0.5) is 0 Å². The number of aryl methyl sites for hydroxylation is 1. The first-order chi connectivity index (χ1) is 6.25. The molecule has 0 aliphatic carbocycles. The fraction of sp³-hybridized carbons (Fsp3) is 0.300. The summed E-state index contributed by atoms with van der Waals surface area (Å²) >= 11 is 3.22. The molecular formula is C10H10OS2. The fourth-order valence-corrected chi connectivity index (χ4v) is 3.11. The van der Waals surface area contributed by atoms with Crippen LogP contribution in [0.25, 0.3) is 0 Å². The standard InChI is InChI=1S/C10H10OS2/c1-7(11)13-9-2-3-10-8(6-9)4-5-12-10/h2-3,6H,4-5H2,1H3. The van der Waals surface area contributed by atoms with Crippen molar-refractivity contribution < 1.29 is 4.79 Å². The van der Waals surface area contributed by atoms with Crippen LogP contribution in [0.2, 0.25) is 0 Å². The van der Waals surface area contributed by atoms with Crippen LogP contribution in [-0.4, -0.2) is 10.9 Å². The van der Waals surface area contributed by atoms with Crippen molar-refractivity contribution in [1.82, 2.24) is 0 Å². The molecule has 0 N–H and O–H groups in total. The highest BCUT2D eigenvalue weighted by atomic mass is 32.2. The first-order valence-corrected chi connectivity index (χ1v) is 6.00. The molecule has 0 spiro atoms. The minimum Gasteiger partial charge on any atom is -0.287 e. The largest absolute Gasteiger partial charge is 0.287 e. The van der Waals surface area contributed by atoms with Gasteiger partial charge in [0.1, 0.15) is 0 Å². The summed E-state index contributed by atoms with van der Waals surface area (Å²) in [5.74, 6) is 1.18. The molecule has 0 saturated heterocycles. The van der Waals surface area contributed by atoms with Gasteiger partial charge in [-0.15, -0.1) is 11.8 Å². The third kappa shape index (κ3) is 2.09. The van der Waals surface area contributed by atoms with E-state index in [-0.39, 0.29) is 5.12 Å². The molecule has 0 radical (unpaired) electrons. The molecule has 1 nitrogen and oxygen atoms in total. The Balaban J connectivity index is 2.25. The number of carbonyl (C=O) groups excluding carboxylic acids is 1. The van der Waals surface area contributed by atoms with Gasteiger partial charge in [0.2, 0.25) is 0 Å². The molecule has 68 valence electrons. The number of rotatable bonds is 1. The molecule has 1 aliphatic heterocycles. The summed E-state index contributed by atoms with van der Waals surface area (Å²) in [6.45, 7) is 1.60. The zero-order valence-corrected chi connectivity index (χ0v) is 9.00. The van der Waals surface area contributed by atoms with Crippen molar-refractivity contribution >= 4 is 28.6 Å².